The molecular formula is C57H66N2O21. The number of aliphatic hydroxyl groups is 6. The summed E-state index contributed by atoms with van der Waals surface area (Å²) in [6.07, 6.45) is -19.9. The van der Waals surface area contributed by atoms with E-state index < -0.39 is 181 Å². The number of esters is 5. The van der Waals surface area contributed by atoms with Gasteiger partial charge in [-0.25, -0.2) is 9.59 Å². The largest absolute Gasteiger partial charge is 0.455 e. The van der Waals surface area contributed by atoms with Gasteiger partial charge in [-0.15, -0.1) is 0 Å². The SMILES string of the molecule is CC(=O)O[C@H]1C(=O)[C@@]2(C)C([C@H](OC(=O)c3ccccc3)[C@]3(O)C[C@H](OC(=O)[C@H](OC(=O)CCC(=O)N[C@H]4[C@H](O)[C@@H](CO)OC(O)[C@@H]4O)[C@@H](NC(=O)c4ccccc4)c4ccccc4)C(C)=C1C3(C)C)[C@]1(OC(C)=O)CO[C@@H]1C[C@@H]2O. The van der Waals surface area contributed by atoms with E-state index in [0.29, 0.717) is 0 Å². The van der Waals surface area contributed by atoms with Gasteiger partial charge in [-0.1, -0.05) is 80.6 Å². The highest BCUT2D eigenvalue weighted by Crippen LogP contribution is 2.64. The van der Waals surface area contributed by atoms with Crippen molar-refractivity contribution >= 4 is 47.4 Å². The van der Waals surface area contributed by atoms with Crippen molar-refractivity contribution < 1.29 is 102 Å². The second kappa shape index (κ2) is 23.3. The summed E-state index contributed by atoms with van der Waals surface area (Å²) in [6.45, 7) is 6.73. The molecule has 2 bridgehead atoms. The molecule has 2 unspecified atom stereocenters. The van der Waals surface area contributed by atoms with Crippen molar-refractivity contribution in [2.45, 2.75) is 152 Å². The first-order valence-corrected chi connectivity index (χ1v) is 26.1. The maximum Gasteiger partial charge on any atom is 0.350 e. The lowest BCUT2D eigenvalue weighted by molar-refractivity contribution is -0.346. The lowest BCUT2D eigenvalue weighted by Gasteiger charge is -2.67. The van der Waals surface area contributed by atoms with E-state index in [1.54, 1.807) is 54.6 Å². The fraction of sp³-hybridized carbons (Fsp3) is 0.509. The summed E-state index contributed by atoms with van der Waals surface area (Å²) in [5.74, 6) is -9.78. The highest BCUT2D eigenvalue weighted by molar-refractivity contribution is 5.96. The molecular weight excluding hydrogens is 1050 g/mol. The molecule has 0 radical (unpaired) electrons. The summed E-state index contributed by atoms with van der Waals surface area (Å²) in [6, 6.07) is 20.1. The van der Waals surface area contributed by atoms with Crippen molar-refractivity contribution in [3.63, 3.8) is 0 Å². The van der Waals surface area contributed by atoms with Crippen LogP contribution in [-0.4, -0.2) is 170 Å². The first kappa shape index (κ1) is 59.2. The summed E-state index contributed by atoms with van der Waals surface area (Å²) in [5, 5.41) is 72.3. The Morgan fingerprint density at radius 3 is 1.98 bits per heavy atom. The number of Topliss-reactive ketones (excluding diaryl/α,β-unsaturated/α-hetero) is 1. The van der Waals surface area contributed by atoms with E-state index in [-0.39, 0.29) is 34.3 Å². The number of benzene rings is 3. The van der Waals surface area contributed by atoms with E-state index in [4.69, 9.17) is 33.2 Å². The van der Waals surface area contributed by atoms with E-state index >= 15 is 9.59 Å². The summed E-state index contributed by atoms with van der Waals surface area (Å²) < 4.78 is 41.6. The van der Waals surface area contributed by atoms with Gasteiger partial charge in [0.25, 0.3) is 5.91 Å². The normalized spacial score (nSPS) is 33.0. The van der Waals surface area contributed by atoms with Crippen LogP contribution in [0, 0.1) is 16.7 Å². The average molecular weight is 1120 g/mol. The molecule has 5 aliphatic rings. The number of carbonyl (C=O) groups excluding carboxylic acids is 8. The number of nitrogens with one attached hydrogen (secondary N) is 2. The number of hydrogen-bond acceptors (Lipinski definition) is 21. The summed E-state index contributed by atoms with van der Waals surface area (Å²) in [7, 11) is 0. The zero-order valence-corrected chi connectivity index (χ0v) is 44.7. The predicted molar refractivity (Wildman–Crippen MR) is 273 cm³/mol. The fourth-order valence-corrected chi connectivity index (χ4v) is 12.2. The van der Waals surface area contributed by atoms with E-state index in [1.807, 2.05) is 0 Å². The molecule has 4 fully saturated rings. The maximum atomic E-state index is 15.8. The predicted octanol–water partition coefficient (Wildman–Crippen LogP) is 0.983. The van der Waals surface area contributed by atoms with Gasteiger partial charge in [0.05, 0.1) is 48.7 Å². The number of aliphatic hydroxyl groups excluding tert-OH is 5. The van der Waals surface area contributed by atoms with Gasteiger partial charge in [-0.2, -0.15) is 0 Å². The summed E-state index contributed by atoms with van der Waals surface area (Å²) in [5.41, 5.74) is -8.22. The molecule has 80 heavy (non-hydrogen) atoms. The van der Waals surface area contributed by atoms with Crippen LogP contribution in [0.3, 0.4) is 0 Å². The number of hydrogen-bond donors (Lipinski definition) is 8. The highest BCUT2D eigenvalue weighted by Gasteiger charge is 2.78. The van der Waals surface area contributed by atoms with Gasteiger partial charge in [0.2, 0.25) is 12.0 Å². The lowest BCUT2D eigenvalue weighted by atomic mass is 9.44. The molecule has 2 heterocycles. The van der Waals surface area contributed by atoms with Crippen LogP contribution in [0.2, 0.25) is 0 Å². The fourth-order valence-electron chi connectivity index (χ4n) is 12.2. The van der Waals surface area contributed by atoms with Gasteiger partial charge in [0.15, 0.2) is 23.8 Å². The molecule has 3 aromatic rings. The molecule has 2 saturated heterocycles. The van der Waals surface area contributed by atoms with Crippen molar-refractivity contribution in [1.82, 2.24) is 10.6 Å². The van der Waals surface area contributed by atoms with Gasteiger partial charge < -0.3 is 74.4 Å². The van der Waals surface area contributed by atoms with E-state index in [1.165, 1.54) is 64.1 Å². The van der Waals surface area contributed by atoms with E-state index in [2.05, 4.69) is 10.6 Å². The molecule has 3 aliphatic carbocycles. The molecule has 16 atom stereocenters. The van der Waals surface area contributed by atoms with Crippen LogP contribution in [0.4, 0.5) is 0 Å². The van der Waals surface area contributed by atoms with Crippen LogP contribution in [0.1, 0.15) is 99.5 Å². The molecule has 0 spiro atoms. The van der Waals surface area contributed by atoms with E-state index in [0.717, 1.165) is 13.8 Å². The van der Waals surface area contributed by atoms with Crippen LogP contribution >= 0.6 is 0 Å². The van der Waals surface area contributed by atoms with Gasteiger partial charge in [0, 0.05) is 44.1 Å². The number of rotatable bonds is 16. The Balaban J connectivity index is 1.23. The molecule has 2 saturated carbocycles. The van der Waals surface area contributed by atoms with Crippen molar-refractivity contribution in [2.24, 2.45) is 16.7 Å². The van der Waals surface area contributed by atoms with Crippen LogP contribution in [0.25, 0.3) is 0 Å². The minimum atomic E-state index is -2.56. The zero-order chi connectivity index (χ0) is 58.2. The van der Waals surface area contributed by atoms with Crippen LogP contribution in [0.15, 0.2) is 102 Å². The number of fused-ring (bicyclic) bond motifs is 5. The Bertz CT molecular complexity index is 2880. The third-order valence-electron chi connectivity index (χ3n) is 16.5. The number of carbonyl (C=O) groups is 8. The van der Waals surface area contributed by atoms with Gasteiger partial charge in [-0.05, 0) is 54.8 Å². The third-order valence-corrected chi connectivity index (χ3v) is 16.5. The lowest BCUT2D eigenvalue weighted by Crippen LogP contribution is -2.82. The van der Waals surface area contributed by atoms with Crippen LogP contribution in [0.5, 0.6) is 0 Å². The Morgan fingerprint density at radius 2 is 1.40 bits per heavy atom. The maximum absolute atomic E-state index is 15.8. The Hall–Kier alpha value is -6.96. The molecule has 3 aromatic carbocycles. The smallest absolute Gasteiger partial charge is 0.350 e. The van der Waals surface area contributed by atoms with Crippen molar-refractivity contribution in [3.05, 3.63) is 119 Å². The first-order valence-electron chi connectivity index (χ1n) is 26.1. The quantitative estimate of drug-likeness (QED) is 0.0563. The molecule has 8 N–H and O–H groups in total. The topological polar surface area (TPSA) is 347 Å². The molecule has 8 rings (SSSR count). The molecule has 2 amide bonds. The molecule has 2 aliphatic heterocycles. The Kier molecular flexibility index (Phi) is 17.2. The average Bonchev–Trinajstić information content (AvgIpc) is 3.61. The number of ketones is 1. The van der Waals surface area contributed by atoms with Crippen LogP contribution in [-0.2, 0) is 61.9 Å². The molecule has 0 aromatic heterocycles. The molecule has 430 valence electrons. The zero-order valence-electron chi connectivity index (χ0n) is 44.7. The van der Waals surface area contributed by atoms with E-state index in [9.17, 15) is 59.4 Å². The molecule has 23 nitrogen and oxygen atoms in total. The minimum Gasteiger partial charge on any atom is -0.455 e. The monoisotopic (exact) mass is 1110 g/mol. The summed E-state index contributed by atoms with van der Waals surface area (Å²) >= 11 is 0. The number of amides is 2. The first-order chi connectivity index (χ1) is 37.8. The Labute approximate surface area is 459 Å². The highest BCUT2D eigenvalue weighted by atomic mass is 16.6. The van der Waals surface area contributed by atoms with Crippen molar-refractivity contribution in [1.29, 1.82) is 0 Å². The standard InChI is InChI=1S/C57H66N2O21/c1-28-34(76-53(72)46(41(31-16-10-7-11-17-31)59-50(69)32-18-12-8-13-19-32)78-39(65)23-22-38(64)58-42-43(66)35(26-60)77-52(71)44(42)67)25-57(73)49(79-51(70)33-20-14-9-15-21-33)47-55(6,36(63)24-37-56(47,27-74-37)80-30(3)62)48(68)45(75-29(2)61)40(28)54(57,4)5/h7-21,34-37,41-47,49,52,60,63,66-67,71,73H,22-27H2,1-6H3,(H,58,64)(H,59,69)/t34-,35+,36-,37+,41-,42-,43+,44+,45+,46+,47?,49-,52?,55+,56-,57+/m0/s1. The second-order valence-electron chi connectivity index (χ2n) is 21.6. The minimum absolute atomic E-state index is 0.00799. The van der Waals surface area contributed by atoms with Crippen LogP contribution < -0.4 is 10.6 Å². The third kappa shape index (κ3) is 10.9. The summed E-state index contributed by atoms with van der Waals surface area (Å²) in [4.78, 5) is 114. The molecule has 23 heteroatoms. The van der Waals surface area contributed by atoms with Gasteiger partial charge >= 0.3 is 29.8 Å². The Morgan fingerprint density at radius 1 is 0.787 bits per heavy atom. The van der Waals surface area contributed by atoms with Crippen molar-refractivity contribution in [2.75, 3.05) is 13.2 Å². The van der Waals surface area contributed by atoms with Gasteiger partial charge in [0.1, 0.15) is 48.3 Å². The van der Waals surface area contributed by atoms with Gasteiger partial charge in [-0.3, -0.25) is 28.8 Å². The number of ether oxygens (including phenoxy) is 7. The second-order valence-corrected chi connectivity index (χ2v) is 21.6. The van der Waals surface area contributed by atoms with Crippen molar-refractivity contribution in [3.8, 4) is 0 Å².